The molecule has 0 heterocycles. The molecule has 0 saturated heterocycles. The van der Waals surface area contributed by atoms with Gasteiger partial charge in [0.05, 0.1) is 6.21 Å². The van der Waals surface area contributed by atoms with E-state index in [1.165, 1.54) is 0 Å². The zero-order valence-corrected chi connectivity index (χ0v) is 15.3. The van der Waals surface area contributed by atoms with Crippen molar-refractivity contribution in [1.82, 2.24) is 21.5 Å². The number of nitrogens with one attached hydrogen (secondary N) is 4. The van der Waals surface area contributed by atoms with E-state index in [-0.39, 0.29) is 6.61 Å². The van der Waals surface area contributed by atoms with Gasteiger partial charge in [-0.05, 0) is 42.8 Å². The molecule has 0 aliphatic heterocycles. The number of rotatable bonds is 7. The van der Waals surface area contributed by atoms with Crippen molar-refractivity contribution in [2.75, 3.05) is 20.7 Å². The van der Waals surface area contributed by atoms with E-state index in [4.69, 9.17) is 29.5 Å². The van der Waals surface area contributed by atoms with Crippen LogP contribution in [0.25, 0.3) is 0 Å². The summed E-state index contributed by atoms with van der Waals surface area (Å²) in [6.45, 7) is 0.184. The van der Waals surface area contributed by atoms with E-state index in [9.17, 15) is 0 Å². The second-order valence-electron chi connectivity index (χ2n) is 4.66. The first-order valence-corrected chi connectivity index (χ1v) is 8.18. The van der Waals surface area contributed by atoms with Gasteiger partial charge in [0.2, 0.25) is 0 Å². The zero-order chi connectivity index (χ0) is 17.8. The topological polar surface area (TPSA) is 93.1 Å². The molecule has 0 aromatic heterocycles. The summed E-state index contributed by atoms with van der Waals surface area (Å²) < 4.78 is 0. The SMILES string of the molecule is CNC(=S)NN=CC(=NNC(=S)NC)c1ccc(CCCO)cc1. The molecular formula is C15H22N6OS2. The number of aliphatic hydroxyl groups is 1. The molecular weight excluding hydrogens is 344 g/mol. The van der Waals surface area contributed by atoms with Gasteiger partial charge in [-0.2, -0.15) is 10.2 Å². The third kappa shape index (κ3) is 7.44. The largest absolute Gasteiger partial charge is 0.396 e. The highest BCUT2D eigenvalue weighted by molar-refractivity contribution is 7.80. The number of benzene rings is 1. The third-order valence-electron chi connectivity index (χ3n) is 2.96. The van der Waals surface area contributed by atoms with Gasteiger partial charge in [0.1, 0.15) is 5.71 Å². The van der Waals surface area contributed by atoms with Gasteiger partial charge in [0.25, 0.3) is 0 Å². The highest BCUT2D eigenvalue weighted by atomic mass is 32.1. The van der Waals surface area contributed by atoms with Crippen LogP contribution in [0.5, 0.6) is 0 Å². The maximum atomic E-state index is 8.89. The fraction of sp³-hybridized carbons (Fsp3) is 0.333. The third-order valence-corrected chi connectivity index (χ3v) is 3.55. The maximum Gasteiger partial charge on any atom is 0.186 e. The summed E-state index contributed by atoms with van der Waals surface area (Å²) >= 11 is 9.99. The second kappa shape index (κ2) is 11.4. The van der Waals surface area contributed by atoms with Crippen LogP contribution in [0.1, 0.15) is 17.5 Å². The van der Waals surface area contributed by atoms with E-state index in [1.54, 1.807) is 20.3 Å². The molecule has 24 heavy (non-hydrogen) atoms. The Kier molecular flexibility index (Phi) is 9.51. The lowest BCUT2D eigenvalue weighted by molar-refractivity contribution is 0.288. The van der Waals surface area contributed by atoms with Crippen LogP contribution in [0.2, 0.25) is 0 Å². The number of aliphatic hydroxyl groups excluding tert-OH is 1. The molecule has 0 unspecified atom stereocenters. The molecule has 9 heteroatoms. The Balaban J connectivity index is 2.90. The molecule has 0 aliphatic carbocycles. The normalized spacial score (nSPS) is 11.2. The van der Waals surface area contributed by atoms with Crippen LogP contribution in [-0.2, 0) is 6.42 Å². The van der Waals surface area contributed by atoms with Crippen LogP contribution in [0.4, 0.5) is 0 Å². The van der Waals surface area contributed by atoms with Crippen LogP contribution in [0, 0.1) is 0 Å². The molecule has 1 aromatic rings. The van der Waals surface area contributed by atoms with E-state index < -0.39 is 0 Å². The minimum absolute atomic E-state index is 0.184. The molecule has 0 bridgehead atoms. The lowest BCUT2D eigenvalue weighted by Gasteiger charge is -2.06. The zero-order valence-electron chi connectivity index (χ0n) is 13.7. The second-order valence-corrected chi connectivity index (χ2v) is 5.48. The summed E-state index contributed by atoms with van der Waals surface area (Å²) in [6.07, 6.45) is 3.13. The van der Waals surface area contributed by atoms with Crippen molar-refractivity contribution in [3.63, 3.8) is 0 Å². The Hall–Kier alpha value is -2.10. The van der Waals surface area contributed by atoms with Crippen molar-refractivity contribution in [3.8, 4) is 0 Å². The molecule has 0 atom stereocenters. The predicted molar refractivity (Wildman–Crippen MR) is 106 cm³/mol. The van der Waals surface area contributed by atoms with Crippen molar-refractivity contribution >= 4 is 46.6 Å². The van der Waals surface area contributed by atoms with Gasteiger partial charge in [0.15, 0.2) is 10.2 Å². The van der Waals surface area contributed by atoms with E-state index >= 15 is 0 Å². The van der Waals surface area contributed by atoms with Gasteiger partial charge >= 0.3 is 0 Å². The minimum atomic E-state index is 0.184. The molecule has 0 aliphatic rings. The van der Waals surface area contributed by atoms with Crippen molar-refractivity contribution in [2.24, 2.45) is 10.2 Å². The number of aryl methyl sites for hydroxylation is 1. The van der Waals surface area contributed by atoms with E-state index in [1.807, 2.05) is 24.3 Å². The summed E-state index contributed by atoms with van der Waals surface area (Å²) in [5, 5.41) is 23.5. The highest BCUT2D eigenvalue weighted by Crippen LogP contribution is 2.07. The molecule has 0 amide bonds. The Morgan fingerprint density at radius 3 is 2.29 bits per heavy atom. The molecule has 5 N–H and O–H groups in total. The van der Waals surface area contributed by atoms with E-state index in [0.29, 0.717) is 15.9 Å². The van der Waals surface area contributed by atoms with Crippen LogP contribution >= 0.6 is 24.4 Å². The Labute approximate surface area is 152 Å². The van der Waals surface area contributed by atoms with Gasteiger partial charge in [-0.25, -0.2) is 0 Å². The first-order chi connectivity index (χ1) is 11.6. The molecule has 0 radical (unpaired) electrons. The van der Waals surface area contributed by atoms with Crippen molar-refractivity contribution in [1.29, 1.82) is 0 Å². The smallest absolute Gasteiger partial charge is 0.186 e. The monoisotopic (exact) mass is 366 g/mol. The van der Waals surface area contributed by atoms with E-state index in [2.05, 4.69) is 31.7 Å². The van der Waals surface area contributed by atoms with Crippen molar-refractivity contribution in [3.05, 3.63) is 35.4 Å². The number of hydrazone groups is 2. The predicted octanol–water partition coefficient (Wildman–Crippen LogP) is 0.489. The summed E-state index contributed by atoms with van der Waals surface area (Å²) in [5.74, 6) is 0. The average molecular weight is 367 g/mol. The maximum absolute atomic E-state index is 8.89. The quantitative estimate of drug-likeness (QED) is 0.272. The molecule has 1 aromatic carbocycles. The fourth-order valence-electron chi connectivity index (χ4n) is 1.67. The van der Waals surface area contributed by atoms with Crippen LogP contribution < -0.4 is 21.5 Å². The average Bonchev–Trinajstić information content (AvgIpc) is 2.62. The number of hydrogen-bond donors (Lipinski definition) is 5. The Morgan fingerprint density at radius 2 is 1.71 bits per heavy atom. The lowest BCUT2D eigenvalue weighted by Crippen LogP contribution is -2.30. The van der Waals surface area contributed by atoms with Crippen molar-refractivity contribution < 1.29 is 5.11 Å². The molecule has 130 valence electrons. The minimum Gasteiger partial charge on any atom is -0.396 e. The fourth-order valence-corrected chi connectivity index (χ4v) is 1.77. The van der Waals surface area contributed by atoms with Crippen LogP contribution in [0.15, 0.2) is 34.5 Å². The summed E-state index contributed by atoms with van der Waals surface area (Å²) in [6, 6.07) is 7.88. The molecule has 0 saturated carbocycles. The molecule has 7 nitrogen and oxygen atoms in total. The van der Waals surface area contributed by atoms with Crippen LogP contribution in [0.3, 0.4) is 0 Å². The van der Waals surface area contributed by atoms with Gasteiger partial charge in [0, 0.05) is 26.3 Å². The Bertz CT molecular complexity index is 600. The van der Waals surface area contributed by atoms with Crippen molar-refractivity contribution in [2.45, 2.75) is 12.8 Å². The van der Waals surface area contributed by atoms with Gasteiger partial charge in [-0.1, -0.05) is 24.3 Å². The molecule has 1 rings (SSSR count). The van der Waals surface area contributed by atoms with Gasteiger partial charge in [-0.3, -0.25) is 10.9 Å². The highest BCUT2D eigenvalue weighted by Gasteiger charge is 2.03. The number of thiocarbonyl (C=S) groups is 2. The summed E-state index contributed by atoms with van der Waals surface area (Å²) in [5.41, 5.74) is 8.03. The van der Waals surface area contributed by atoms with Gasteiger partial charge in [-0.15, -0.1) is 0 Å². The Morgan fingerprint density at radius 1 is 1.08 bits per heavy atom. The van der Waals surface area contributed by atoms with E-state index in [0.717, 1.165) is 24.0 Å². The number of nitrogens with zero attached hydrogens (tertiary/aromatic N) is 2. The van der Waals surface area contributed by atoms with Gasteiger partial charge < -0.3 is 15.7 Å². The molecule has 0 fully saturated rings. The first kappa shape index (κ1) is 19.9. The first-order valence-electron chi connectivity index (χ1n) is 7.37. The number of hydrogen-bond acceptors (Lipinski definition) is 5. The summed E-state index contributed by atoms with van der Waals surface area (Å²) in [4.78, 5) is 0. The summed E-state index contributed by atoms with van der Waals surface area (Å²) in [7, 11) is 3.42. The lowest BCUT2D eigenvalue weighted by atomic mass is 10.1. The molecule has 0 spiro atoms. The van der Waals surface area contributed by atoms with Crippen LogP contribution in [-0.4, -0.2) is 48.0 Å². The standard InChI is InChI=1S/C15H22N6OS2/c1-16-14(23)20-18-10-13(19-21-15(24)17-2)12-7-5-11(6-8-12)4-3-9-22/h5-8,10,22H,3-4,9H2,1-2H3,(H2,16,20,23)(H2,17,21,24).